The molecule has 0 fully saturated rings. The molecule has 1 aromatic carbocycles. The van der Waals surface area contributed by atoms with E-state index >= 15 is 0 Å². The Morgan fingerprint density at radius 3 is 2.73 bits per heavy atom. The van der Waals surface area contributed by atoms with Crippen LogP contribution in [-0.4, -0.2) is 21.1 Å². The molecule has 2 heterocycles. The maximum Gasteiger partial charge on any atom is 0.237 e. The number of amides is 1. The van der Waals surface area contributed by atoms with Crippen molar-refractivity contribution in [2.24, 2.45) is 11.3 Å². The SMILES string of the molecule is Cc1cc(NC(=O)C(C)Sc2nc3c(cc2C#N)CC(C(C)(C)C)CC3)c2ccccc2n1. The summed E-state index contributed by atoms with van der Waals surface area (Å²) in [5.74, 6) is 0.465. The molecule has 0 radical (unpaired) electrons. The maximum atomic E-state index is 13.1. The van der Waals surface area contributed by atoms with Crippen LogP contribution in [0.1, 0.15) is 56.6 Å². The van der Waals surface area contributed by atoms with Crippen LogP contribution in [0.3, 0.4) is 0 Å². The van der Waals surface area contributed by atoms with Gasteiger partial charge in [-0.3, -0.25) is 9.78 Å². The molecule has 0 bridgehead atoms. The molecule has 1 N–H and O–H groups in total. The summed E-state index contributed by atoms with van der Waals surface area (Å²) >= 11 is 1.35. The molecule has 0 saturated heterocycles. The van der Waals surface area contributed by atoms with E-state index in [1.165, 1.54) is 17.3 Å². The number of aryl methyl sites for hydroxylation is 2. The zero-order valence-electron chi connectivity index (χ0n) is 19.9. The maximum absolute atomic E-state index is 13.1. The van der Waals surface area contributed by atoms with Crippen molar-refractivity contribution in [2.75, 3.05) is 5.32 Å². The fourth-order valence-corrected chi connectivity index (χ4v) is 5.32. The molecule has 170 valence electrons. The Bertz CT molecular complexity index is 1260. The van der Waals surface area contributed by atoms with Crippen LogP contribution < -0.4 is 5.32 Å². The second-order valence-electron chi connectivity index (χ2n) is 9.94. The Hall–Kier alpha value is -2.91. The van der Waals surface area contributed by atoms with Crippen LogP contribution in [0.15, 0.2) is 41.4 Å². The number of nitrogens with one attached hydrogen (secondary N) is 1. The van der Waals surface area contributed by atoms with Gasteiger partial charge in [-0.1, -0.05) is 50.7 Å². The first kappa shape index (κ1) is 23.3. The number of nitriles is 1. The summed E-state index contributed by atoms with van der Waals surface area (Å²) in [7, 11) is 0. The lowest BCUT2D eigenvalue weighted by molar-refractivity contribution is -0.115. The van der Waals surface area contributed by atoms with E-state index in [1.54, 1.807) is 0 Å². The summed E-state index contributed by atoms with van der Waals surface area (Å²) in [6, 6.07) is 14.0. The fraction of sp³-hybridized carbons (Fsp3) is 0.407. The molecular weight excluding hydrogens is 428 g/mol. The molecule has 1 amide bonds. The number of thioether (sulfide) groups is 1. The Morgan fingerprint density at radius 1 is 1.24 bits per heavy atom. The van der Waals surface area contributed by atoms with Crippen LogP contribution in [0.2, 0.25) is 0 Å². The van der Waals surface area contributed by atoms with Gasteiger partial charge in [-0.2, -0.15) is 5.26 Å². The number of aromatic nitrogens is 2. The second-order valence-corrected chi connectivity index (χ2v) is 11.3. The quantitative estimate of drug-likeness (QED) is 0.479. The lowest BCUT2D eigenvalue weighted by Gasteiger charge is -2.34. The molecule has 6 heteroatoms. The number of nitrogens with zero attached hydrogens (tertiary/aromatic N) is 3. The van der Waals surface area contributed by atoms with Gasteiger partial charge in [0.2, 0.25) is 5.91 Å². The van der Waals surface area contributed by atoms with E-state index in [9.17, 15) is 10.1 Å². The highest BCUT2D eigenvalue weighted by Gasteiger charge is 2.30. The Kier molecular flexibility index (Phi) is 6.45. The summed E-state index contributed by atoms with van der Waals surface area (Å²) in [6.45, 7) is 10.6. The van der Waals surface area contributed by atoms with E-state index in [0.29, 0.717) is 16.5 Å². The average Bonchev–Trinajstić information content (AvgIpc) is 2.77. The Labute approximate surface area is 200 Å². The third-order valence-corrected chi connectivity index (χ3v) is 7.56. The summed E-state index contributed by atoms with van der Waals surface area (Å²) in [4.78, 5) is 22.4. The van der Waals surface area contributed by atoms with Crippen molar-refractivity contribution >= 4 is 34.3 Å². The van der Waals surface area contributed by atoms with Crippen LogP contribution in [0.4, 0.5) is 5.69 Å². The minimum Gasteiger partial charge on any atom is -0.324 e. The van der Waals surface area contributed by atoms with Crippen molar-refractivity contribution in [2.45, 2.75) is 64.2 Å². The number of anilines is 1. The number of benzene rings is 1. The van der Waals surface area contributed by atoms with Crippen LogP contribution in [0.25, 0.3) is 10.9 Å². The van der Waals surface area contributed by atoms with Crippen molar-refractivity contribution < 1.29 is 4.79 Å². The lowest BCUT2D eigenvalue weighted by Crippen LogP contribution is -2.28. The molecule has 1 aliphatic rings. The molecule has 1 aliphatic carbocycles. The highest BCUT2D eigenvalue weighted by atomic mass is 32.2. The van der Waals surface area contributed by atoms with Crippen LogP contribution >= 0.6 is 11.8 Å². The van der Waals surface area contributed by atoms with Gasteiger partial charge in [0.1, 0.15) is 11.1 Å². The van der Waals surface area contributed by atoms with Gasteiger partial charge in [0.25, 0.3) is 0 Å². The minimum atomic E-state index is -0.402. The van der Waals surface area contributed by atoms with Gasteiger partial charge in [-0.15, -0.1) is 0 Å². The monoisotopic (exact) mass is 458 g/mol. The molecule has 0 aliphatic heterocycles. The summed E-state index contributed by atoms with van der Waals surface area (Å²) in [5.41, 5.74) is 5.49. The number of carbonyl (C=O) groups excluding carboxylic acids is 1. The topological polar surface area (TPSA) is 78.7 Å². The predicted molar refractivity (Wildman–Crippen MR) is 134 cm³/mol. The average molecular weight is 459 g/mol. The number of carbonyl (C=O) groups is 1. The number of hydrogen-bond acceptors (Lipinski definition) is 5. The van der Waals surface area contributed by atoms with Gasteiger partial charge >= 0.3 is 0 Å². The lowest BCUT2D eigenvalue weighted by atomic mass is 9.71. The third-order valence-electron chi connectivity index (χ3n) is 6.46. The van der Waals surface area contributed by atoms with Crippen molar-refractivity contribution in [3.05, 3.63) is 58.9 Å². The van der Waals surface area contributed by atoms with Gasteiger partial charge in [-0.05, 0) is 68.2 Å². The van der Waals surface area contributed by atoms with E-state index < -0.39 is 5.25 Å². The molecule has 5 nitrogen and oxygen atoms in total. The highest BCUT2D eigenvalue weighted by molar-refractivity contribution is 8.00. The summed E-state index contributed by atoms with van der Waals surface area (Å²) in [5, 5.41) is 14.0. The predicted octanol–water partition coefficient (Wildman–Crippen LogP) is 6.08. The smallest absolute Gasteiger partial charge is 0.237 e. The van der Waals surface area contributed by atoms with Crippen LogP contribution in [-0.2, 0) is 17.6 Å². The highest BCUT2D eigenvalue weighted by Crippen LogP contribution is 2.38. The molecule has 4 rings (SSSR count). The standard InChI is InChI=1S/C27H30N4OS/c1-16-12-24(21-8-6-7-9-23(21)29-16)30-25(32)17(2)33-26-19(15-28)13-18-14-20(27(3,4)5)10-11-22(18)31-26/h6-9,12-13,17,20H,10-11,14H2,1-5H3,(H,29,30,32). The van der Waals surface area contributed by atoms with Crippen molar-refractivity contribution in [1.82, 2.24) is 9.97 Å². The Balaban J connectivity index is 1.54. The zero-order valence-corrected chi connectivity index (χ0v) is 20.7. The second kappa shape index (κ2) is 9.15. The van der Waals surface area contributed by atoms with Crippen molar-refractivity contribution in [3.8, 4) is 6.07 Å². The molecular formula is C27H30N4OS. The third kappa shape index (κ3) is 5.04. The summed E-state index contributed by atoms with van der Waals surface area (Å²) < 4.78 is 0. The number of pyridine rings is 2. The van der Waals surface area contributed by atoms with E-state index in [4.69, 9.17) is 4.98 Å². The summed E-state index contributed by atoms with van der Waals surface area (Å²) in [6.07, 6.45) is 2.97. The zero-order chi connectivity index (χ0) is 23.8. The van der Waals surface area contributed by atoms with E-state index in [0.717, 1.165) is 47.2 Å². The number of hydrogen-bond donors (Lipinski definition) is 1. The van der Waals surface area contributed by atoms with E-state index in [-0.39, 0.29) is 11.3 Å². The fourth-order valence-electron chi connectivity index (χ4n) is 4.42. The first-order valence-electron chi connectivity index (χ1n) is 11.4. The van der Waals surface area contributed by atoms with E-state index in [2.05, 4.69) is 37.1 Å². The van der Waals surface area contributed by atoms with Crippen molar-refractivity contribution in [1.29, 1.82) is 5.26 Å². The number of fused-ring (bicyclic) bond motifs is 2. The number of para-hydroxylation sites is 1. The van der Waals surface area contributed by atoms with Crippen molar-refractivity contribution in [3.63, 3.8) is 0 Å². The molecule has 2 aromatic heterocycles. The molecule has 0 spiro atoms. The first-order chi connectivity index (χ1) is 15.7. The molecule has 3 aromatic rings. The van der Waals surface area contributed by atoms with Crippen LogP contribution in [0.5, 0.6) is 0 Å². The van der Waals surface area contributed by atoms with E-state index in [1.807, 2.05) is 50.2 Å². The van der Waals surface area contributed by atoms with Gasteiger partial charge < -0.3 is 5.32 Å². The molecule has 33 heavy (non-hydrogen) atoms. The first-order valence-corrected chi connectivity index (χ1v) is 12.3. The largest absolute Gasteiger partial charge is 0.324 e. The van der Waals surface area contributed by atoms with Gasteiger partial charge in [0, 0.05) is 16.8 Å². The molecule has 2 atom stereocenters. The number of rotatable bonds is 4. The Morgan fingerprint density at radius 2 is 2.00 bits per heavy atom. The molecule has 0 saturated carbocycles. The van der Waals surface area contributed by atoms with Gasteiger partial charge in [-0.25, -0.2) is 4.98 Å². The van der Waals surface area contributed by atoms with Gasteiger partial charge in [0.15, 0.2) is 0 Å². The normalized spacial score (nSPS) is 16.7. The minimum absolute atomic E-state index is 0.119. The van der Waals surface area contributed by atoms with Gasteiger partial charge in [0.05, 0.1) is 22.0 Å². The molecule has 2 unspecified atom stereocenters. The van der Waals surface area contributed by atoms with Crippen LogP contribution in [0, 0.1) is 29.6 Å².